The SMILES string of the molecule is CC(C)(C)OC(=O)N1CCC[C@H]1C(=O)N[C@@H](CCCCCCCc1ccc2c(n1)NCCC2)C(=O)O. The summed E-state index contributed by atoms with van der Waals surface area (Å²) in [4.78, 5) is 43.1. The summed E-state index contributed by atoms with van der Waals surface area (Å²) in [6, 6.07) is 2.67. The Bertz CT molecular complexity index is 914. The van der Waals surface area contributed by atoms with E-state index in [0.717, 1.165) is 69.4 Å². The first-order valence-electron chi connectivity index (χ1n) is 13.4. The summed E-state index contributed by atoms with van der Waals surface area (Å²) in [7, 11) is 0. The summed E-state index contributed by atoms with van der Waals surface area (Å²) in [5.41, 5.74) is 1.76. The molecule has 1 aromatic heterocycles. The highest BCUT2D eigenvalue weighted by molar-refractivity contribution is 5.89. The van der Waals surface area contributed by atoms with Gasteiger partial charge < -0.3 is 20.5 Å². The van der Waals surface area contributed by atoms with E-state index >= 15 is 0 Å². The van der Waals surface area contributed by atoms with Crippen molar-refractivity contribution in [2.24, 2.45) is 0 Å². The quantitative estimate of drug-likeness (QED) is 0.386. The van der Waals surface area contributed by atoms with Crippen LogP contribution in [0.2, 0.25) is 0 Å². The minimum absolute atomic E-state index is 0.373. The lowest BCUT2D eigenvalue weighted by Gasteiger charge is -2.28. The summed E-state index contributed by atoms with van der Waals surface area (Å²) in [5.74, 6) is -0.428. The molecule has 2 amide bonds. The number of aromatic nitrogens is 1. The molecule has 3 heterocycles. The number of fused-ring (bicyclic) bond motifs is 1. The van der Waals surface area contributed by atoms with Gasteiger partial charge in [-0.25, -0.2) is 14.6 Å². The molecule has 1 aromatic rings. The van der Waals surface area contributed by atoms with E-state index in [4.69, 9.17) is 9.72 Å². The maximum Gasteiger partial charge on any atom is 0.410 e. The fourth-order valence-electron chi connectivity index (χ4n) is 4.80. The third kappa shape index (κ3) is 8.38. The predicted octanol–water partition coefficient (Wildman–Crippen LogP) is 4.29. The van der Waals surface area contributed by atoms with E-state index < -0.39 is 35.7 Å². The van der Waals surface area contributed by atoms with Crippen molar-refractivity contribution >= 4 is 23.8 Å². The molecule has 200 valence electrons. The minimum atomic E-state index is -1.04. The Labute approximate surface area is 214 Å². The molecule has 0 aromatic carbocycles. The van der Waals surface area contributed by atoms with Gasteiger partial charge in [-0.15, -0.1) is 0 Å². The zero-order valence-corrected chi connectivity index (χ0v) is 22.0. The molecule has 3 N–H and O–H groups in total. The zero-order chi connectivity index (χ0) is 26.1. The first kappa shape index (κ1) is 27.7. The van der Waals surface area contributed by atoms with E-state index in [-0.39, 0.29) is 0 Å². The number of anilines is 1. The predicted molar refractivity (Wildman–Crippen MR) is 138 cm³/mol. The Morgan fingerprint density at radius 2 is 1.92 bits per heavy atom. The molecule has 9 heteroatoms. The summed E-state index contributed by atoms with van der Waals surface area (Å²) in [5, 5.41) is 15.6. The molecule has 3 rings (SSSR count). The number of unbranched alkanes of at least 4 members (excludes halogenated alkanes) is 4. The molecule has 1 fully saturated rings. The Balaban J connectivity index is 1.35. The van der Waals surface area contributed by atoms with E-state index in [9.17, 15) is 19.5 Å². The van der Waals surface area contributed by atoms with Gasteiger partial charge in [0.2, 0.25) is 5.91 Å². The Morgan fingerprint density at radius 1 is 1.17 bits per heavy atom. The van der Waals surface area contributed by atoms with Gasteiger partial charge in [-0.05, 0) is 77.3 Å². The second-order valence-electron chi connectivity index (χ2n) is 10.9. The minimum Gasteiger partial charge on any atom is -0.480 e. The number of aryl methyl sites for hydroxylation is 2. The average molecular weight is 503 g/mol. The van der Waals surface area contributed by atoms with Gasteiger partial charge >= 0.3 is 12.1 Å². The lowest BCUT2D eigenvalue weighted by molar-refractivity contribution is -0.142. The molecule has 36 heavy (non-hydrogen) atoms. The van der Waals surface area contributed by atoms with Gasteiger partial charge in [0, 0.05) is 18.8 Å². The van der Waals surface area contributed by atoms with E-state index in [1.165, 1.54) is 10.5 Å². The van der Waals surface area contributed by atoms with Gasteiger partial charge in [0.1, 0.15) is 23.5 Å². The van der Waals surface area contributed by atoms with Gasteiger partial charge in [0.25, 0.3) is 0 Å². The molecular weight excluding hydrogens is 460 g/mol. The zero-order valence-electron chi connectivity index (χ0n) is 22.0. The highest BCUT2D eigenvalue weighted by Crippen LogP contribution is 2.22. The van der Waals surface area contributed by atoms with Gasteiger partial charge in [0.15, 0.2) is 0 Å². The van der Waals surface area contributed by atoms with Gasteiger partial charge in [0.05, 0.1) is 0 Å². The summed E-state index contributed by atoms with van der Waals surface area (Å²) >= 11 is 0. The molecule has 0 unspecified atom stereocenters. The second-order valence-corrected chi connectivity index (χ2v) is 10.9. The number of amides is 2. The van der Waals surface area contributed by atoms with Crippen molar-refractivity contribution in [1.29, 1.82) is 0 Å². The van der Waals surface area contributed by atoms with Crippen LogP contribution in [-0.2, 0) is 27.2 Å². The number of carbonyl (C=O) groups excluding carboxylic acids is 2. The highest BCUT2D eigenvalue weighted by Gasteiger charge is 2.37. The summed E-state index contributed by atoms with van der Waals surface area (Å²) in [6.45, 7) is 6.75. The third-order valence-corrected chi connectivity index (χ3v) is 6.68. The number of pyridine rings is 1. The molecule has 2 aliphatic rings. The van der Waals surface area contributed by atoms with Crippen LogP contribution < -0.4 is 10.6 Å². The molecule has 0 aliphatic carbocycles. The fourth-order valence-corrected chi connectivity index (χ4v) is 4.80. The van der Waals surface area contributed by atoms with Crippen LogP contribution in [0.1, 0.15) is 89.8 Å². The van der Waals surface area contributed by atoms with Crippen LogP contribution in [0.4, 0.5) is 10.6 Å². The summed E-state index contributed by atoms with van der Waals surface area (Å²) < 4.78 is 5.40. The van der Waals surface area contributed by atoms with E-state index in [1.807, 2.05) is 0 Å². The first-order chi connectivity index (χ1) is 17.1. The monoisotopic (exact) mass is 502 g/mol. The molecular formula is C27H42N4O5. The normalized spacial score (nSPS) is 18.2. The van der Waals surface area contributed by atoms with Crippen molar-refractivity contribution < 1.29 is 24.2 Å². The number of hydrogen-bond acceptors (Lipinski definition) is 6. The third-order valence-electron chi connectivity index (χ3n) is 6.68. The van der Waals surface area contributed by atoms with Crippen molar-refractivity contribution in [3.05, 3.63) is 23.4 Å². The van der Waals surface area contributed by atoms with E-state index in [1.54, 1.807) is 20.8 Å². The lowest BCUT2D eigenvalue weighted by atomic mass is 10.0. The molecule has 0 saturated carbocycles. The van der Waals surface area contributed by atoms with Crippen LogP contribution in [0.3, 0.4) is 0 Å². The maximum atomic E-state index is 12.8. The topological polar surface area (TPSA) is 121 Å². The molecule has 2 aliphatic heterocycles. The molecule has 0 radical (unpaired) electrons. The number of carbonyl (C=O) groups is 3. The molecule has 9 nitrogen and oxygen atoms in total. The molecule has 0 bridgehead atoms. The summed E-state index contributed by atoms with van der Waals surface area (Å²) in [6.07, 6.45) is 8.98. The number of rotatable bonds is 11. The number of nitrogens with zero attached hydrogens (tertiary/aromatic N) is 2. The van der Waals surface area contributed by atoms with Crippen LogP contribution >= 0.6 is 0 Å². The van der Waals surface area contributed by atoms with Crippen molar-refractivity contribution in [2.45, 2.75) is 109 Å². The number of nitrogens with one attached hydrogen (secondary N) is 2. The largest absolute Gasteiger partial charge is 0.480 e. The number of hydrogen-bond donors (Lipinski definition) is 3. The van der Waals surface area contributed by atoms with Crippen molar-refractivity contribution in [3.63, 3.8) is 0 Å². The Hall–Kier alpha value is -2.84. The number of ether oxygens (including phenoxy) is 1. The van der Waals surface area contributed by atoms with Crippen LogP contribution in [0, 0.1) is 0 Å². The van der Waals surface area contributed by atoms with Gasteiger partial charge in [-0.1, -0.05) is 31.7 Å². The molecule has 1 saturated heterocycles. The van der Waals surface area contributed by atoms with E-state index in [0.29, 0.717) is 25.8 Å². The Morgan fingerprint density at radius 3 is 2.67 bits per heavy atom. The van der Waals surface area contributed by atoms with E-state index in [2.05, 4.69) is 22.8 Å². The molecule has 0 spiro atoms. The number of aliphatic carboxylic acids is 1. The first-order valence-corrected chi connectivity index (χ1v) is 13.4. The van der Waals surface area contributed by atoms with Crippen LogP contribution in [-0.4, -0.2) is 63.7 Å². The van der Waals surface area contributed by atoms with Crippen molar-refractivity contribution in [2.75, 3.05) is 18.4 Å². The second kappa shape index (κ2) is 12.9. The van der Waals surface area contributed by atoms with Gasteiger partial charge in [-0.3, -0.25) is 9.69 Å². The number of likely N-dealkylation sites (tertiary alicyclic amines) is 1. The fraction of sp³-hybridized carbons (Fsp3) is 0.704. The van der Waals surface area contributed by atoms with Crippen LogP contribution in [0.25, 0.3) is 0 Å². The maximum absolute atomic E-state index is 12.8. The number of carboxylic acids is 1. The smallest absolute Gasteiger partial charge is 0.410 e. The molecule has 2 atom stereocenters. The standard InChI is InChI=1S/C27H42N4O5/c1-27(2,3)36-26(35)31-18-10-14-22(31)24(32)30-21(25(33)34)13-8-6-4-5-7-12-20-16-15-19-11-9-17-28-23(19)29-20/h15-16,21-22H,4-14,17-18H2,1-3H3,(H,28,29)(H,30,32)(H,33,34)/t21-,22-/m0/s1. The lowest BCUT2D eigenvalue weighted by Crippen LogP contribution is -2.51. The average Bonchev–Trinajstić information content (AvgIpc) is 3.32. The Kier molecular flexibility index (Phi) is 9.96. The van der Waals surface area contributed by atoms with Crippen LogP contribution in [0.5, 0.6) is 0 Å². The van der Waals surface area contributed by atoms with Crippen molar-refractivity contribution in [1.82, 2.24) is 15.2 Å². The van der Waals surface area contributed by atoms with Crippen LogP contribution in [0.15, 0.2) is 12.1 Å². The highest BCUT2D eigenvalue weighted by atomic mass is 16.6. The van der Waals surface area contributed by atoms with Crippen molar-refractivity contribution in [3.8, 4) is 0 Å². The number of carboxylic acid groups (broad SMARTS) is 1. The van der Waals surface area contributed by atoms with Gasteiger partial charge in [-0.2, -0.15) is 0 Å².